The minimum Gasteiger partial charge on any atom is -0.496 e. The van der Waals surface area contributed by atoms with Gasteiger partial charge < -0.3 is 14.7 Å². The molecule has 0 amide bonds. The average molecular weight is 322 g/mol. The number of hydrogen-bond donors (Lipinski definition) is 1. The smallest absolute Gasteiger partial charge is 0.341 e. The predicted octanol–water partition coefficient (Wildman–Crippen LogP) is 2.70. The van der Waals surface area contributed by atoms with E-state index in [-0.39, 0.29) is 5.56 Å². The molecule has 2 saturated heterocycles. The van der Waals surface area contributed by atoms with Crippen molar-refractivity contribution in [2.45, 2.75) is 18.5 Å². The Labute approximate surface area is 129 Å². The number of thioether (sulfide) groups is 1. The first-order valence-electron chi connectivity index (χ1n) is 6.76. The van der Waals surface area contributed by atoms with Gasteiger partial charge in [0.05, 0.1) is 17.3 Å². The highest BCUT2D eigenvalue weighted by Crippen LogP contribution is 2.44. The van der Waals surface area contributed by atoms with Crippen LogP contribution < -0.4 is 9.64 Å². The fourth-order valence-electron chi connectivity index (χ4n) is 3.10. The van der Waals surface area contributed by atoms with Crippen molar-refractivity contribution >= 4 is 44.4 Å². The van der Waals surface area contributed by atoms with Gasteiger partial charge in [0.25, 0.3) is 0 Å². The standard InChI is InChI=1S/C14H14N2O3S2/c1-19-10-3-2-9-12(11(10)13(17)18)21-14(15-9)16-7-4-8(16)6-20-5-7/h2-3,7-8H,4-6H2,1H3,(H,17,18). The molecule has 0 radical (unpaired) electrons. The van der Waals surface area contributed by atoms with Gasteiger partial charge in [-0.05, 0) is 18.6 Å². The number of carboxylic acids is 1. The Balaban J connectivity index is 1.83. The molecule has 2 bridgehead atoms. The van der Waals surface area contributed by atoms with Gasteiger partial charge in [-0.1, -0.05) is 11.3 Å². The monoisotopic (exact) mass is 322 g/mol. The topological polar surface area (TPSA) is 62.7 Å². The van der Waals surface area contributed by atoms with Gasteiger partial charge in [-0.2, -0.15) is 11.8 Å². The van der Waals surface area contributed by atoms with Crippen molar-refractivity contribution in [2.75, 3.05) is 23.5 Å². The molecular weight excluding hydrogens is 308 g/mol. The summed E-state index contributed by atoms with van der Waals surface area (Å²) in [7, 11) is 1.49. The number of aromatic carboxylic acids is 1. The Bertz CT molecular complexity index is 716. The van der Waals surface area contributed by atoms with Gasteiger partial charge in [0.2, 0.25) is 0 Å². The Kier molecular flexibility index (Phi) is 3.00. The molecule has 2 aromatic rings. The summed E-state index contributed by atoms with van der Waals surface area (Å²) < 4.78 is 5.88. The van der Waals surface area contributed by atoms with Crippen molar-refractivity contribution in [3.05, 3.63) is 17.7 Å². The zero-order valence-electron chi connectivity index (χ0n) is 11.4. The molecular formula is C14H14N2O3S2. The number of carbonyl (C=O) groups is 1. The molecule has 2 aliphatic heterocycles. The second-order valence-electron chi connectivity index (χ2n) is 5.28. The van der Waals surface area contributed by atoms with Gasteiger partial charge in [-0.3, -0.25) is 0 Å². The maximum atomic E-state index is 11.5. The number of hydrogen-bond acceptors (Lipinski definition) is 6. The number of thiazole rings is 1. The van der Waals surface area contributed by atoms with Gasteiger partial charge in [-0.25, -0.2) is 9.78 Å². The molecule has 2 fully saturated rings. The summed E-state index contributed by atoms with van der Waals surface area (Å²) in [5, 5.41) is 10.4. The number of nitrogens with zero attached hydrogens (tertiary/aromatic N) is 2. The molecule has 7 heteroatoms. The number of benzene rings is 1. The number of methoxy groups -OCH3 is 1. The van der Waals surface area contributed by atoms with E-state index in [0.29, 0.717) is 22.5 Å². The van der Waals surface area contributed by atoms with E-state index >= 15 is 0 Å². The van der Waals surface area contributed by atoms with Crippen LogP contribution in [0.15, 0.2) is 12.1 Å². The van der Waals surface area contributed by atoms with Gasteiger partial charge in [-0.15, -0.1) is 0 Å². The lowest BCUT2D eigenvalue weighted by Gasteiger charge is -2.52. The minimum absolute atomic E-state index is 0.221. The van der Waals surface area contributed by atoms with Crippen molar-refractivity contribution in [1.29, 1.82) is 0 Å². The molecule has 5 nitrogen and oxygen atoms in total. The van der Waals surface area contributed by atoms with E-state index in [4.69, 9.17) is 4.74 Å². The summed E-state index contributed by atoms with van der Waals surface area (Å²) in [5.41, 5.74) is 0.963. The third-order valence-corrected chi connectivity index (χ3v) is 6.46. The normalized spacial score (nSPS) is 24.0. The van der Waals surface area contributed by atoms with Gasteiger partial charge in [0.15, 0.2) is 5.13 Å². The van der Waals surface area contributed by atoms with E-state index in [2.05, 4.69) is 9.88 Å². The molecule has 4 rings (SSSR count). The summed E-state index contributed by atoms with van der Waals surface area (Å²) in [5.74, 6) is 1.71. The molecule has 2 aliphatic rings. The number of ether oxygens (including phenoxy) is 1. The summed E-state index contributed by atoms with van der Waals surface area (Å²) in [6, 6.07) is 4.64. The molecule has 2 unspecified atom stereocenters. The Morgan fingerprint density at radius 2 is 2.19 bits per heavy atom. The highest BCUT2D eigenvalue weighted by Gasteiger charge is 2.43. The van der Waals surface area contributed by atoms with Crippen molar-refractivity contribution in [1.82, 2.24) is 4.98 Å². The largest absolute Gasteiger partial charge is 0.496 e. The zero-order chi connectivity index (χ0) is 14.6. The third kappa shape index (κ3) is 1.91. The molecule has 0 saturated carbocycles. The van der Waals surface area contributed by atoms with Crippen molar-refractivity contribution in [2.24, 2.45) is 0 Å². The van der Waals surface area contributed by atoms with Crippen LogP contribution in [0.1, 0.15) is 16.8 Å². The summed E-state index contributed by atoms with van der Waals surface area (Å²) in [6.45, 7) is 0. The lowest BCUT2D eigenvalue weighted by Crippen LogP contribution is -2.61. The van der Waals surface area contributed by atoms with E-state index in [1.54, 1.807) is 6.07 Å². The first kappa shape index (κ1) is 13.2. The fraction of sp³-hybridized carbons (Fsp3) is 0.429. The second kappa shape index (κ2) is 4.78. The molecule has 0 aliphatic carbocycles. The van der Waals surface area contributed by atoms with Crippen LogP contribution in [0.5, 0.6) is 5.75 Å². The molecule has 21 heavy (non-hydrogen) atoms. The molecule has 2 atom stereocenters. The summed E-state index contributed by atoms with van der Waals surface area (Å²) >= 11 is 3.46. The summed E-state index contributed by atoms with van der Waals surface area (Å²) in [4.78, 5) is 18.5. The third-order valence-electron chi connectivity index (χ3n) is 4.11. The van der Waals surface area contributed by atoms with E-state index in [1.807, 2.05) is 17.8 Å². The molecule has 1 N–H and O–H groups in total. The molecule has 110 valence electrons. The number of rotatable bonds is 3. The molecule has 3 heterocycles. The van der Waals surface area contributed by atoms with E-state index < -0.39 is 5.97 Å². The van der Waals surface area contributed by atoms with E-state index in [1.165, 1.54) is 24.9 Å². The van der Waals surface area contributed by atoms with Crippen LogP contribution in [0.25, 0.3) is 10.2 Å². The summed E-state index contributed by atoms with van der Waals surface area (Å²) in [6.07, 6.45) is 1.23. The van der Waals surface area contributed by atoms with Crippen molar-refractivity contribution in [3.8, 4) is 5.75 Å². The lowest BCUT2D eigenvalue weighted by atomic mass is 9.96. The van der Waals surface area contributed by atoms with Crippen LogP contribution in [-0.2, 0) is 0 Å². The molecule has 0 spiro atoms. The maximum Gasteiger partial charge on any atom is 0.341 e. The van der Waals surface area contributed by atoms with Crippen LogP contribution in [0.2, 0.25) is 0 Å². The molecule has 1 aromatic carbocycles. The van der Waals surface area contributed by atoms with Crippen molar-refractivity contribution < 1.29 is 14.6 Å². The number of carboxylic acid groups (broad SMARTS) is 1. The first-order valence-corrected chi connectivity index (χ1v) is 8.73. The van der Waals surface area contributed by atoms with Crippen molar-refractivity contribution in [3.63, 3.8) is 0 Å². The average Bonchev–Trinajstić information content (AvgIpc) is 2.89. The first-order chi connectivity index (χ1) is 10.2. The maximum absolute atomic E-state index is 11.5. The highest BCUT2D eigenvalue weighted by atomic mass is 32.2. The number of aromatic nitrogens is 1. The second-order valence-corrected chi connectivity index (χ2v) is 7.33. The van der Waals surface area contributed by atoms with Crippen LogP contribution in [0.4, 0.5) is 5.13 Å². The number of anilines is 1. The van der Waals surface area contributed by atoms with Crippen LogP contribution in [-0.4, -0.2) is 46.8 Å². The SMILES string of the molecule is COc1ccc2nc(N3C4CSCC3C4)sc2c1C(=O)O. The number of fused-ring (bicyclic) bond motifs is 3. The van der Waals surface area contributed by atoms with Crippen LogP contribution in [0, 0.1) is 0 Å². The Hall–Kier alpha value is -1.47. The van der Waals surface area contributed by atoms with Gasteiger partial charge >= 0.3 is 5.97 Å². The fourth-order valence-corrected chi connectivity index (χ4v) is 5.61. The van der Waals surface area contributed by atoms with E-state index in [0.717, 1.165) is 22.2 Å². The lowest BCUT2D eigenvalue weighted by molar-refractivity contribution is 0.0696. The van der Waals surface area contributed by atoms with Gasteiger partial charge in [0, 0.05) is 23.6 Å². The Morgan fingerprint density at radius 1 is 1.43 bits per heavy atom. The van der Waals surface area contributed by atoms with E-state index in [9.17, 15) is 9.90 Å². The molecule has 1 aromatic heterocycles. The predicted molar refractivity (Wildman–Crippen MR) is 85.1 cm³/mol. The minimum atomic E-state index is -0.966. The Morgan fingerprint density at radius 3 is 2.81 bits per heavy atom. The van der Waals surface area contributed by atoms with Crippen LogP contribution >= 0.6 is 23.1 Å². The van der Waals surface area contributed by atoms with Crippen LogP contribution in [0.3, 0.4) is 0 Å². The quantitative estimate of drug-likeness (QED) is 0.937. The highest BCUT2D eigenvalue weighted by molar-refractivity contribution is 7.99. The van der Waals surface area contributed by atoms with Gasteiger partial charge in [0.1, 0.15) is 11.3 Å². The zero-order valence-corrected chi connectivity index (χ0v) is 13.0.